The van der Waals surface area contributed by atoms with Gasteiger partial charge in [-0.25, -0.2) is 27.7 Å². The van der Waals surface area contributed by atoms with E-state index in [0.717, 1.165) is 18.3 Å². The highest BCUT2D eigenvalue weighted by Crippen LogP contribution is 2.47. The molecule has 2 aromatic heterocycles. The molecule has 2 aliphatic heterocycles. The summed E-state index contributed by atoms with van der Waals surface area (Å²) in [6, 6.07) is 4.63. The second-order valence-electron chi connectivity index (χ2n) is 11.2. The summed E-state index contributed by atoms with van der Waals surface area (Å²) in [5, 5.41) is 4.33. The summed E-state index contributed by atoms with van der Waals surface area (Å²) in [6.45, 7) is 7.12. The van der Waals surface area contributed by atoms with Crippen molar-refractivity contribution < 1.29 is 36.4 Å². The molecule has 2 aliphatic rings. The summed E-state index contributed by atoms with van der Waals surface area (Å²) < 4.78 is 67.4. The highest BCUT2D eigenvalue weighted by atomic mass is 32.2. The van der Waals surface area contributed by atoms with Crippen molar-refractivity contribution >= 4 is 33.4 Å². The predicted octanol–water partition coefficient (Wildman–Crippen LogP) is 4.64. The van der Waals surface area contributed by atoms with Gasteiger partial charge in [-0.3, -0.25) is 15.1 Å². The average Bonchev–Trinajstić information content (AvgIpc) is 3.27. The van der Waals surface area contributed by atoms with Crippen LogP contribution >= 0.6 is 0 Å². The molecule has 222 valence electrons. The SMILES string of the molecule is CC(C)(C)OC(=O)NC1=N[C@](C)(c2nc(NC(=O)c3ccc(OC(F)F)cn3)ccc2F)[C@H]2CCN=[S@@]2(=O)C1(C)C. The van der Waals surface area contributed by atoms with Crippen molar-refractivity contribution in [2.24, 2.45) is 9.36 Å². The number of carbonyl (C=O) groups is 2. The number of carbonyl (C=O) groups excluding carboxylic acids is 2. The van der Waals surface area contributed by atoms with Crippen LogP contribution < -0.4 is 15.4 Å². The van der Waals surface area contributed by atoms with E-state index in [1.807, 2.05) is 0 Å². The molecule has 4 rings (SSSR count). The molecule has 0 bridgehead atoms. The largest absolute Gasteiger partial charge is 0.444 e. The number of hydrogen-bond donors (Lipinski definition) is 2. The van der Waals surface area contributed by atoms with E-state index in [4.69, 9.17) is 9.73 Å². The molecule has 0 saturated carbocycles. The van der Waals surface area contributed by atoms with Crippen molar-refractivity contribution in [3.63, 3.8) is 0 Å². The zero-order valence-corrected chi connectivity index (χ0v) is 24.1. The first kappa shape index (κ1) is 30.2. The van der Waals surface area contributed by atoms with Crippen LogP contribution in [0.3, 0.4) is 0 Å². The molecule has 3 atom stereocenters. The molecule has 2 N–H and O–H groups in total. The zero-order chi connectivity index (χ0) is 30.4. The van der Waals surface area contributed by atoms with Crippen LogP contribution in [0.25, 0.3) is 0 Å². The number of alkyl halides is 2. The van der Waals surface area contributed by atoms with Gasteiger partial charge in [0.05, 0.1) is 21.2 Å². The molecular weight excluding hydrogens is 565 g/mol. The molecule has 0 saturated heterocycles. The number of amidine groups is 1. The van der Waals surface area contributed by atoms with E-state index < -0.39 is 55.3 Å². The predicted molar refractivity (Wildman–Crippen MR) is 145 cm³/mol. The number of nitrogens with one attached hydrogen (secondary N) is 2. The fraction of sp³-hybridized carbons (Fsp3) is 0.500. The summed E-state index contributed by atoms with van der Waals surface area (Å²) in [6.07, 6.45) is 0.471. The monoisotopic (exact) mass is 596 g/mol. The fourth-order valence-corrected chi connectivity index (χ4v) is 7.94. The molecule has 11 nitrogen and oxygen atoms in total. The third-order valence-electron chi connectivity index (χ3n) is 6.71. The van der Waals surface area contributed by atoms with E-state index in [1.165, 1.54) is 12.1 Å². The molecule has 0 spiro atoms. The molecule has 4 heterocycles. The molecule has 15 heteroatoms. The van der Waals surface area contributed by atoms with Crippen LogP contribution in [0.4, 0.5) is 23.8 Å². The Kier molecular flexibility index (Phi) is 7.80. The van der Waals surface area contributed by atoms with Gasteiger partial charge < -0.3 is 14.8 Å². The molecule has 0 fully saturated rings. The lowest BCUT2D eigenvalue weighted by molar-refractivity contribution is -0.0500. The first-order chi connectivity index (χ1) is 19.0. The molecule has 41 heavy (non-hydrogen) atoms. The van der Waals surface area contributed by atoms with Crippen LogP contribution in [0.2, 0.25) is 0 Å². The molecule has 0 radical (unpaired) electrons. The van der Waals surface area contributed by atoms with E-state index in [2.05, 4.69) is 29.7 Å². The fourth-order valence-electron chi connectivity index (χ4n) is 4.76. The second-order valence-corrected chi connectivity index (χ2v) is 14.2. The Morgan fingerprint density at radius 3 is 2.44 bits per heavy atom. The number of alkyl carbamates (subject to hydrolysis) is 1. The maximum Gasteiger partial charge on any atom is 0.413 e. The maximum atomic E-state index is 15.4. The van der Waals surface area contributed by atoms with Crippen LogP contribution in [-0.4, -0.2) is 60.8 Å². The molecular formula is C26H31F3N6O5S. The lowest BCUT2D eigenvalue weighted by Gasteiger charge is -2.44. The van der Waals surface area contributed by atoms with Crippen molar-refractivity contribution in [3.05, 3.63) is 47.7 Å². The van der Waals surface area contributed by atoms with Crippen LogP contribution in [0.5, 0.6) is 5.75 Å². The van der Waals surface area contributed by atoms with Crippen molar-refractivity contribution in [1.29, 1.82) is 0 Å². The van der Waals surface area contributed by atoms with Crippen LogP contribution in [-0.2, 0) is 20.0 Å². The molecule has 2 amide bonds. The number of rotatable bonds is 5. The normalized spacial score (nSPS) is 25.0. The van der Waals surface area contributed by atoms with Gasteiger partial charge in [0.25, 0.3) is 5.91 Å². The lowest BCUT2D eigenvalue weighted by Crippen LogP contribution is -2.61. The van der Waals surface area contributed by atoms with Crippen molar-refractivity contribution in [2.45, 2.75) is 75.7 Å². The number of aromatic nitrogens is 2. The summed E-state index contributed by atoms with van der Waals surface area (Å²) >= 11 is 0. The molecule has 2 aromatic rings. The van der Waals surface area contributed by atoms with Gasteiger partial charge in [-0.2, -0.15) is 8.78 Å². The Labute approximate surface area is 235 Å². The van der Waals surface area contributed by atoms with Crippen LogP contribution in [0, 0.1) is 5.82 Å². The third kappa shape index (κ3) is 5.85. The number of halogens is 3. The Morgan fingerprint density at radius 1 is 1.12 bits per heavy atom. The van der Waals surface area contributed by atoms with E-state index in [9.17, 15) is 22.6 Å². The van der Waals surface area contributed by atoms with E-state index in [-0.39, 0.29) is 35.3 Å². The number of anilines is 1. The molecule has 0 aromatic carbocycles. The maximum absolute atomic E-state index is 15.4. The van der Waals surface area contributed by atoms with Gasteiger partial charge in [0.15, 0.2) is 0 Å². The number of pyridine rings is 2. The third-order valence-corrected chi connectivity index (χ3v) is 10.4. The Bertz CT molecular complexity index is 1520. The highest BCUT2D eigenvalue weighted by molar-refractivity contribution is 7.96. The number of ether oxygens (including phenoxy) is 2. The highest BCUT2D eigenvalue weighted by Gasteiger charge is 2.58. The van der Waals surface area contributed by atoms with Crippen molar-refractivity contribution in [1.82, 2.24) is 15.3 Å². The second kappa shape index (κ2) is 10.6. The first-order valence-corrected chi connectivity index (χ1v) is 14.2. The number of fused-ring (bicyclic) bond motifs is 1. The smallest absolute Gasteiger partial charge is 0.413 e. The van der Waals surface area contributed by atoms with Gasteiger partial charge in [0.1, 0.15) is 50.5 Å². The number of aliphatic imine (C=N–C) groups is 1. The summed E-state index contributed by atoms with van der Waals surface area (Å²) in [5.41, 5.74) is -2.71. The van der Waals surface area contributed by atoms with Gasteiger partial charge in [-0.15, -0.1) is 0 Å². The zero-order valence-electron chi connectivity index (χ0n) is 23.3. The van der Waals surface area contributed by atoms with E-state index in [0.29, 0.717) is 6.42 Å². The van der Waals surface area contributed by atoms with Gasteiger partial charge in [-0.05, 0) is 72.2 Å². The Hall–Kier alpha value is -3.75. The Morgan fingerprint density at radius 2 is 1.83 bits per heavy atom. The topological polar surface area (TPSA) is 144 Å². The van der Waals surface area contributed by atoms with Crippen LogP contribution in [0.15, 0.2) is 39.8 Å². The minimum Gasteiger partial charge on any atom is -0.444 e. The Balaban J connectivity index is 1.71. The van der Waals surface area contributed by atoms with Gasteiger partial charge >= 0.3 is 12.7 Å². The molecule has 0 aliphatic carbocycles. The summed E-state index contributed by atoms with van der Waals surface area (Å²) in [7, 11) is -3.12. The minimum absolute atomic E-state index is 0.00657. The van der Waals surface area contributed by atoms with Gasteiger partial charge in [0, 0.05) is 6.54 Å². The quantitative estimate of drug-likeness (QED) is 0.512. The molecule has 0 unspecified atom stereocenters. The van der Waals surface area contributed by atoms with Crippen LogP contribution in [0.1, 0.15) is 64.1 Å². The summed E-state index contributed by atoms with van der Waals surface area (Å²) in [5.74, 6) is -1.81. The minimum atomic E-state index is -3.12. The van der Waals surface area contributed by atoms with Gasteiger partial charge in [-0.1, -0.05) is 0 Å². The van der Waals surface area contributed by atoms with Crippen molar-refractivity contribution in [2.75, 3.05) is 11.9 Å². The van der Waals surface area contributed by atoms with E-state index >= 15 is 4.39 Å². The number of amides is 2. The summed E-state index contributed by atoms with van der Waals surface area (Å²) in [4.78, 5) is 38.3. The van der Waals surface area contributed by atoms with Crippen molar-refractivity contribution in [3.8, 4) is 5.75 Å². The standard InChI is InChI=1S/C26H31F3N6O5S/c1-24(2,3)40-23(37)34-21-25(4,5)41(38)17(11-12-31-41)26(6,35-21)19-15(27)8-10-18(32-19)33-20(36)16-9-7-14(13-30-16)39-22(28)29/h7-10,13,17,22H,11-12H2,1-6H3,(H,32,33,36)(H,34,35,37)/t17-,26+,41+/m1/s1. The average molecular weight is 597 g/mol. The lowest BCUT2D eigenvalue weighted by atomic mass is 9.89. The first-order valence-electron chi connectivity index (χ1n) is 12.7. The number of nitrogens with zero attached hydrogens (tertiary/aromatic N) is 4. The van der Waals surface area contributed by atoms with Gasteiger partial charge in [0.2, 0.25) is 0 Å². The van der Waals surface area contributed by atoms with E-state index in [1.54, 1.807) is 41.5 Å². The number of hydrogen-bond acceptors (Lipinski definition) is 9.